The van der Waals surface area contributed by atoms with Crippen LogP contribution in [0.25, 0.3) is 95.5 Å². The highest BCUT2D eigenvalue weighted by atomic mass is 15.0. The van der Waals surface area contributed by atoms with Crippen molar-refractivity contribution < 1.29 is 0 Å². The van der Waals surface area contributed by atoms with Gasteiger partial charge in [0.2, 0.25) is 0 Å². The third-order valence-electron chi connectivity index (χ3n) is 10.7. The van der Waals surface area contributed by atoms with Gasteiger partial charge in [0.15, 0.2) is 17.5 Å². The van der Waals surface area contributed by atoms with Crippen LogP contribution in [0, 0.1) is 6.92 Å². The van der Waals surface area contributed by atoms with Crippen LogP contribution >= 0.6 is 0 Å². The maximum absolute atomic E-state index is 5.20. The van der Waals surface area contributed by atoms with E-state index in [4.69, 9.17) is 15.0 Å². The van der Waals surface area contributed by atoms with Crippen molar-refractivity contribution >= 4 is 38.8 Å². The largest absolute Gasteiger partial charge is 0.313 e. The summed E-state index contributed by atoms with van der Waals surface area (Å²) < 4.78 is 4.78. The molecule has 3 aromatic heterocycles. The van der Waals surface area contributed by atoms with Crippen LogP contribution in [0.2, 0.25) is 0 Å². The van der Waals surface area contributed by atoms with Gasteiger partial charge in [0.25, 0.3) is 0 Å². The van der Waals surface area contributed by atoms with E-state index in [1.807, 2.05) is 78.9 Å². The molecule has 0 radical (unpaired) electrons. The van der Waals surface area contributed by atoms with Crippen molar-refractivity contribution in [2.24, 2.45) is 0 Å². The molecule has 10 rings (SSSR count). The minimum absolute atomic E-state index is 0.607. The number of nitrogens with zero attached hydrogens (tertiary/aromatic N) is 5. The average Bonchev–Trinajstić information content (AvgIpc) is 3.77. The van der Waals surface area contributed by atoms with Gasteiger partial charge in [-0.15, -0.1) is 0 Å². The summed E-state index contributed by atoms with van der Waals surface area (Å²) in [6.07, 6.45) is 6.07. The minimum Gasteiger partial charge on any atom is -0.313 e. The van der Waals surface area contributed by atoms with Gasteiger partial charge in [-0.05, 0) is 54.4 Å². The number of hydrogen-bond acceptors (Lipinski definition) is 3. The van der Waals surface area contributed by atoms with E-state index in [0.717, 1.165) is 56.0 Å². The Morgan fingerprint density at radius 1 is 0.474 bits per heavy atom. The molecule has 0 saturated heterocycles. The topological polar surface area (TPSA) is 48.5 Å². The molecule has 7 aromatic carbocycles. The quantitative estimate of drug-likeness (QED) is 0.146. The maximum atomic E-state index is 5.20. The lowest BCUT2D eigenvalue weighted by Gasteiger charge is -2.16. The Labute approximate surface area is 331 Å². The molecular weight excluding hydrogens is 695 g/mol. The standard InChI is InChI=1S/C52H37N5/c1-3-4-27-41-35(2)56(47-33-32-44-43-28-17-18-29-46(43)57(49(44)48(41)47)39-25-15-8-16-26-39)40-30-31-42(36-19-9-5-10-20-36)45(34-40)52-54-50(37-21-11-6-12-22-37)53-51(55-52)38-23-13-7-14-24-38/h3-34H,1H2,2H3/b27-4-. The lowest BCUT2D eigenvalue weighted by molar-refractivity contribution is 1.04. The first-order valence-corrected chi connectivity index (χ1v) is 19.2. The Hall–Kier alpha value is -7.63. The third kappa shape index (κ3) is 5.85. The zero-order chi connectivity index (χ0) is 38.3. The van der Waals surface area contributed by atoms with Crippen LogP contribution in [0.1, 0.15) is 11.3 Å². The predicted molar refractivity (Wildman–Crippen MR) is 237 cm³/mol. The normalized spacial score (nSPS) is 11.6. The summed E-state index contributed by atoms with van der Waals surface area (Å²) in [5.74, 6) is 1.86. The number of rotatable bonds is 8. The first-order valence-electron chi connectivity index (χ1n) is 19.2. The number of aromatic nitrogens is 5. The smallest absolute Gasteiger partial charge is 0.164 e. The molecule has 0 N–H and O–H groups in total. The zero-order valence-corrected chi connectivity index (χ0v) is 31.4. The molecule has 0 amide bonds. The van der Waals surface area contributed by atoms with Crippen molar-refractivity contribution in [2.45, 2.75) is 6.92 Å². The number of para-hydroxylation sites is 2. The van der Waals surface area contributed by atoms with E-state index in [2.05, 4.69) is 138 Å². The van der Waals surface area contributed by atoms with Gasteiger partial charge in [-0.2, -0.15) is 0 Å². The van der Waals surface area contributed by atoms with Crippen molar-refractivity contribution in [3.8, 4) is 56.7 Å². The Bertz CT molecular complexity index is 3060. The second kappa shape index (κ2) is 14.2. The molecule has 0 atom stereocenters. The molecule has 0 saturated carbocycles. The van der Waals surface area contributed by atoms with Gasteiger partial charge < -0.3 is 9.13 Å². The molecule has 0 aliphatic rings. The van der Waals surface area contributed by atoms with E-state index in [1.54, 1.807) is 0 Å². The summed E-state index contributed by atoms with van der Waals surface area (Å²) >= 11 is 0. The summed E-state index contributed by atoms with van der Waals surface area (Å²) in [5.41, 5.74) is 12.7. The molecule has 0 bridgehead atoms. The fourth-order valence-corrected chi connectivity index (χ4v) is 8.18. The Morgan fingerprint density at radius 2 is 1.05 bits per heavy atom. The highest BCUT2D eigenvalue weighted by Crippen LogP contribution is 2.42. The number of allylic oxidation sites excluding steroid dienone is 2. The van der Waals surface area contributed by atoms with Crippen molar-refractivity contribution in [3.63, 3.8) is 0 Å². The Balaban J connectivity index is 1.28. The number of hydrogen-bond donors (Lipinski definition) is 0. The molecule has 10 aromatic rings. The van der Waals surface area contributed by atoms with Gasteiger partial charge >= 0.3 is 0 Å². The van der Waals surface area contributed by atoms with E-state index in [9.17, 15) is 0 Å². The molecule has 0 fully saturated rings. The van der Waals surface area contributed by atoms with Gasteiger partial charge in [-0.25, -0.2) is 15.0 Å². The highest BCUT2D eigenvalue weighted by molar-refractivity contribution is 6.20. The molecule has 5 heteroatoms. The van der Waals surface area contributed by atoms with Crippen molar-refractivity contribution in [1.29, 1.82) is 0 Å². The fourth-order valence-electron chi connectivity index (χ4n) is 8.18. The lowest BCUT2D eigenvalue weighted by atomic mass is 9.98. The number of benzene rings is 7. The Morgan fingerprint density at radius 3 is 1.70 bits per heavy atom. The fraction of sp³-hybridized carbons (Fsp3) is 0.0192. The first kappa shape index (κ1) is 33.9. The monoisotopic (exact) mass is 731 g/mol. The molecule has 5 nitrogen and oxygen atoms in total. The second-order valence-corrected chi connectivity index (χ2v) is 14.1. The maximum Gasteiger partial charge on any atom is 0.164 e. The molecule has 270 valence electrons. The van der Waals surface area contributed by atoms with Gasteiger partial charge in [0.1, 0.15) is 0 Å². The SMILES string of the molecule is C=C/C=C\c1c(C)n(-c2ccc(-c3ccccc3)c(-c3nc(-c4ccccc4)nc(-c4ccccc4)n3)c2)c2ccc3c4ccccc4n(-c4ccccc4)c3c12. The van der Waals surface area contributed by atoms with Gasteiger partial charge in [0, 0.05) is 55.5 Å². The van der Waals surface area contributed by atoms with E-state index in [1.165, 1.54) is 27.2 Å². The minimum atomic E-state index is 0.607. The first-order chi connectivity index (χ1) is 28.2. The molecular formula is C52H37N5. The van der Waals surface area contributed by atoms with Crippen LogP contribution in [-0.4, -0.2) is 24.1 Å². The van der Waals surface area contributed by atoms with Crippen LogP contribution in [0.15, 0.2) is 195 Å². The lowest BCUT2D eigenvalue weighted by Crippen LogP contribution is -2.03. The summed E-state index contributed by atoms with van der Waals surface area (Å²) in [7, 11) is 0. The summed E-state index contributed by atoms with van der Waals surface area (Å²) in [6.45, 7) is 6.24. The molecule has 0 unspecified atom stereocenters. The molecule has 0 aliphatic heterocycles. The zero-order valence-electron chi connectivity index (χ0n) is 31.4. The second-order valence-electron chi connectivity index (χ2n) is 14.1. The van der Waals surface area contributed by atoms with E-state index >= 15 is 0 Å². The molecule has 3 heterocycles. The Kier molecular flexibility index (Phi) is 8.46. The van der Waals surface area contributed by atoms with Crippen LogP contribution in [0.5, 0.6) is 0 Å². The van der Waals surface area contributed by atoms with Gasteiger partial charge in [-0.1, -0.05) is 164 Å². The van der Waals surface area contributed by atoms with Crippen LogP contribution in [-0.2, 0) is 0 Å². The van der Waals surface area contributed by atoms with Crippen molar-refractivity contribution in [2.75, 3.05) is 0 Å². The highest BCUT2D eigenvalue weighted by Gasteiger charge is 2.23. The summed E-state index contributed by atoms with van der Waals surface area (Å²) in [6, 6.07) is 61.3. The van der Waals surface area contributed by atoms with Crippen molar-refractivity contribution in [1.82, 2.24) is 24.1 Å². The van der Waals surface area contributed by atoms with Crippen LogP contribution < -0.4 is 0 Å². The predicted octanol–water partition coefficient (Wildman–Crippen LogP) is 13.1. The van der Waals surface area contributed by atoms with E-state index in [0.29, 0.717) is 17.5 Å². The summed E-state index contributed by atoms with van der Waals surface area (Å²) in [5, 5.41) is 3.60. The van der Waals surface area contributed by atoms with Crippen LogP contribution in [0.3, 0.4) is 0 Å². The molecule has 0 spiro atoms. The number of fused-ring (bicyclic) bond motifs is 5. The average molecular weight is 732 g/mol. The van der Waals surface area contributed by atoms with Crippen LogP contribution in [0.4, 0.5) is 0 Å². The van der Waals surface area contributed by atoms with E-state index in [-0.39, 0.29) is 0 Å². The summed E-state index contributed by atoms with van der Waals surface area (Å²) in [4.78, 5) is 15.4. The van der Waals surface area contributed by atoms with Gasteiger partial charge in [-0.3, -0.25) is 0 Å². The van der Waals surface area contributed by atoms with Gasteiger partial charge in [0.05, 0.1) is 16.6 Å². The molecule has 57 heavy (non-hydrogen) atoms. The van der Waals surface area contributed by atoms with Crippen molar-refractivity contribution in [3.05, 3.63) is 206 Å². The van der Waals surface area contributed by atoms with E-state index < -0.39 is 0 Å². The molecule has 0 aliphatic carbocycles. The third-order valence-corrected chi connectivity index (χ3v) is 10.7.